The molecule has 25 heavy (non-hydrogen) atoms. The van der Waals surface area contributed by atoms with Crippen LogP contribution in [0.25, 0.3) is 0 Å². The van der Waals surface area contributed by atoms with Crippen LogP contribution in [-0.2, 0) is 9.59 Å². The minimum absolute atomic E-state index is 0.000544. The molecule has 1 aliphatic rings. The van der Waals surface area contributed by atoms with Crippen molar-refractivity contribution in [1.82, 2.24) is 4.90 Å². The Bertz CT molecular complexity index is 706. The molecular formula is C20H22N2O2S. The molecule has 1 N–H and O–H groups in total. The van der Waals surface area contributed by atoms with Crippen molar-refractivity contribution in [1.29, 1.82) is 0 Å². The van der Waals surface area contributed by atoms with Gasteiger partial charge in [0, 0.05) is 23.7 Å². The third kappa shape index (κ3) is 5.10. The summed E-state index contributed by atoms with van der Waals surface area (Å²) in [5, 5.41) is 2.95. The van der Waals surface area contributed by atoms with Gasteiger partial charge < -0.3 is 10.2 Å². The molecule has 0 bridgehead atoms. The molecule has 0 saturated carbocycles. The van der Waals surface area contributed by atoms with Crippen LogP contribution < -0.4 is 5.32 Å². The standard InChI is InChI=1S/C20H22N2O2S/c23-19(15-25-18-11-5-2-6-12-18)22-13-7-8-16(14-22)20(24)21-17-9-3-1-4-10-17/h1-6,9-12,16H,7-8,13-15H2,(H,21,24). The van der Waals surface area contributed by atoms with Crippen LogP contribution >= 0.6 is 11.8 Å². The first-order valence-electron chi connectivity index (χ1n) is 8.54. The number of hydrogen-bond donors (Lipinski definition) is 1. The highest BCUT2D eigenvalue weighted by atomic mass is 32.2. The minimum atomic E-state index is -0.139. The molecule has 5 heteroatoms. The molecule has 4 nitrogen and oxygen atoms in total. The Morgan fingerprint density at radius 3 is 2.44 bits per heavy atom. The lowest BCUT2D eigenvalue weighted by molar-refractivity contribution is -0.132. The molecule has 0 aromatic heterocycles. The largest absolute Gasteiger partial charge is 0.341 e. The van der Waals surface area contributed by atoms with E-state index in [1.165, 1.54) is 0 Å². The van der Waals surface area contributed by atoms with Crippen LogP contribution in [0.15, 0.2) is 65.6 Å². The predicted molar refractivity (Wildman–Crippen MR) is 102 cm³/mol. The topological polar surface area (TPSA) is 49.4 Å². The number of anilines is 1. The number of piperidine rings is 1. The van der Waals surface area contributed by atoms with Crippen LogP contribution in [-0.4, -0.2) is 35.6 Å². The van der Waals surface area contributed by atoms with Gasteiger partial charge in [-0.2, -0.15) is 0 Å². The van der Waals surface area contributed by atoms with Crippen molar-refractivity contribution in [3.8, 4) is 0 Å². The smallest absolute Gasteiger partial charge is 0.232 e. The minimum Gasteiger partial charge on any atom is -0.341 e. The van der Waals surface area contributed by atoms with Crippen molar-refractivity contribution in [2.45, 2.75) is 17.7 Å². The molecule has 2 amide bonds. The molecule has 130 valence electrons. The van der Waals surface area contributed by atoms with Gasteiger partial charge in [0.1, 0.15) is 0 Å². The van der Waals surface area contributed by atoms with Gasteiger partial charge in [0.05, 0.1) is 11.7 Å². The van der Waals surface area contributed by atoms with Crippen LogP contribution in [0.5, 0.6) is 0 Å². The number of nitrogens with zero attached hydrogens (tertiary/aromatic N) is 1. The third-order valence-corrected chi connectivity index (χ3v) is 5.29. The second-order valence-corrected chi connectivity index (χ2v) is 7.18. The number of carbonyl (C=O) groups is 2. The molecule has 0 spiro atoms. The number of benzene rings is 2. The summed E-state index contributed by atoms with van der Waals surface area (Å²) in [6.07, 6.45) is 1.70. The SMILES string of the molecule is O=C(Nc1ccccc1)C1CCCN(C(=O)CSc2ccccc2)C1. The molecule has 1 fully saturated rings. The fourth-order valence-corrected chi connectivity index (χ4v) is 3.76. The molecular weight excluding hydrogens is 332 g/mol. The van der Waals surface area contributed by atoms with Crippen molar-refractivity contribution in [2.24, 2.45) is 5.92 Å². The molecule has 3 rings (SSSR count). The Kier molecular flexibility index (Phi) is 6.12. The van der Waals surface area contributed by atoms with Gasteiger partial charge in [-0.25, -0.2) is 0 Å². The summed E-state index contributed by atoms with van der Waals surface area (Å²) < 4.78 is 0. The van der Waals surface area contributed by atoms with E-state index in [0.29, 0.717) is 12.3 Å². The van der Waals surface area contributed by atoms with E-state index in [4.69, 9.17) is 0 Å². The summed E-state index contributed by atoms with van der Waals surface area (Å²) in [6, 6.07) is 19.4. The van der Waals surface area contributed by atoms with Crippen LogP contribution in [0.3, 0.4) is 0 Å². The summed E-state index contributed by atoms with van der Waals surface area (Å²) in [4.78, 5) is 27.8. The van der Waals surface area contributed by atoms with Crippen molar-refractivity contribution >= 4 is 29.3 Å². The lowest BCUT2D eigenvalue weighted by Gasteiger charge is -2.32. The average Bonchev–Trinajstić information content (AvgIpc) is 2.68. The summed E-state index contributed by atoms with van der Waals surface area (Å²) in [5.41, 5.74) is 0.801. The summed E-state index contributed by atoms with van der Waals surface area (Å²) in [7, 11) is 0. The van der Waals surface area contributed by atoms with Gasteiger partial charge in [0.15, 0.2) is 0 Å². The first-order chi connectivity index (χ1) is 12.2. The lowest BCUT2D eigenvalue weighted by atomic mass is 9.97. The van der Waals surface area contributed by atoms with Crippen LogP contribution in [0, 0.1) is 5.92 Å². The van der Waals surface area contributed by atoms with Gasteiger partial charge in [-0.15, -0.1) is 11.8 Å². The number of nitrogens with one attached hydrogen (secondary N) is 1. The summed E-state index contributed by atoms with van der Waals surface area (Å²) >= 11 is 1.54. The maximum Gasteiger partial charge on any atom is 0.232 e. The number of likely N-dealkylation sites (tertiary alicyclic amines) is 1. The van der Waals surface area contributed by atoms with E-state index in [1.54, 1.807) is 11.8 Å². The Balaban J connectivity index is 1.51. The maximum absolute atomic E-state index is 12.5. The predicted octanol–water partition coefficient (Wildman–Crippen LogP) is 3.66. The summed E-state index contributed by atoms with van der Waals surface area (Å²) in [6.45, 7) is 1.25. The van der Waals surface area contributed by atoms with E-state index in [0.717, 1.165) is 30.0 Å². The van der Waals surface area contributed by atoms with Crippen molar-refractivity contribution in [3.63, 3.8) is 0 Å². The van der Waals surface area contributed by atoms with Gasteiger partial charge in [-0.1, -0.05) is 36.4 Å². The number of amides is 2. The first-order valence-corrected chi connectivity index (χ1v) is 9.52. The zero-order chi connectivity index (χ0) is 17.5. The third-order valence-electron chi connectivity index (χ3n) is 4.29. The molecule has 1 aliphatic heterocycles. The number of para-hydroxylation sites is 1. The van der Waals surface area contributed by atoms with E-state index < -0.39 is 0 Å². The van der Waals surface area contributed by atoms with Crippen molar-refractivity contribution < 1.29 is 9.59 Å². The Morgan fingerprint density at radius 1 is 1.04 bits per heavy atom. The monoisotopic (exact) mass is 354 g/mol. The molecule has 2 aromatic carbocycles. The molecule has 1 atom stereocenters. The van der Waals surface area contributed by atoms with Crippen LogP contribution in [0.2, 0.25) is 0 Å². The van der Waals surface area contributed by atoms with E-state index in [1.807, 2.05) is 65.6 Å². The second-order valence-electron chi connectivity index (χ2n) is 6.14. The number of thioether (sulfide) groups is 1. The van der Waals surface area contributed by atoms with E-state index in [2.05, 4.69) is 5.32 Å². The highest BCUT2D eigenvalue weighted by molar-refractivity contribution is 8.00. The highest BCUT2D eigenvalue weighted by Crippen LogP contribution is 2.22. The zero-order valence-corrected chi connectivity index (χ0v) is 14.9. The average molecular weight is 354 g/mol. The number of hydrogen-bond acceptors (Lipinski definition) is 3. The van der Waals surface area contributed by atoms with Gasteiger partial charge in [0.2, 0.25) is 11.8 Å². The van der Waals surface area contributed by atoms with Crippen molar-refractivity contribution in [3.05, 3.63) is 60.7 Å². The normalized spacial score (nSPS) is 17.1. The van der Waals surface area contributed by atoms with E-state index >= 15 is 0 Å². The van der Waals surface area contributed by atoms with Gasteiger partial charge >= 0.3 is 0 Å². The zero-order valence-electron chi connectivity index (χ0n) is 14.1. The Hall–Kier alpha value is -2.27. The van der Waals surface area contributed by atoms with E-state index in [9.17, 15) is 9.59 Å². The fourth-order valence-electron chi connectivity index (χ4n) is 2.94. The van der Waals surface area contributed by atoms with Crippen LogP contribution in [0.1, 0.15) is 12.8 Å². The summed E-state index contributed by atoms with van der Waals surface area (Å²) in [5.74, 6) is 0.377. The fraction of sp³-hybridized carbons (Fsp3) is 0.300. The second kappa shape index (κ2) is 8.72. The van der Waals surface area contributed by atoms with Gasteiger partial charge in [-0.3, -0.25) is 9.59 Å². The highest BCUT2D eigenvalue weighted by Gasteiger charge is 2.28. The van der Waals surface area contributed by atoms with Crippen molar-refractivity contribution in [2.75, 3.05) is 24.2 Å². The maximum atomic E-state index is 12.5. The van der Waals surface area contributed by atoms with Crippen LogP contribution in [0.4, 0.5) is 5.69 Å². The first kappa shape index (κ1) is 17.5. The molecule has 1 heterocycles. The number of rotatable bonds is 5. The molecule has 0 aliphatic carbocycles. The molecule has 2 aromatic rings. The Labute approximate surface area is 152 Å². The van der Waals surface area contributed by atoms with Gasteiger partial charge in [-0.05, 0) is 37.1 Å². The molecule has 1 saturated heterocycles. The quantitative estimate of drug-likeness (QED) is 0.834. The molecule has 0 radical (unpaired) electrons. The molecule has 1 unspecified atom stereocenters. The lowest BCUT2D eigenvalue weighted by Crippen LogP contribution is -2.44. The number of carbonyl (C=O) groups excluding carboxylic acids is 2. The van der Waals surface area contributed by atoms with E-state index in [-0.39, 0.29) is 17.7 Å². The Morgan fingerprint density at radius 2 is 1.72 bits per heavy atom. The van der Waals surface area contributed by atoms with Gasteiger partial charge in [0.25, 0.3) is 0 Å².